The fraction of sp³-hybridized carbons (Fsp3) is 0.259. The van der Waals surface area contributed by atoms with E-state index in [1.165, 1.54) is 48.8 Å². The van der Waals surface area contributed by atoms with Gasteiger partial charge in [-0.1, -0.05) is 92.1 Å². The summed E-state index contributed by atoms with van der Waals surface area (Å²) in [4.78, 5) is 9.98. The van der Waals surface area contributed by atoms with Crippen molar-refractivity contribution in [3.05, 3.63) is 78.6 Å². The molecule has 1 aliphatic carbocycles. The van der Waals surface area contributed by atoms with Crippen molar-refractivity contribution in [1.29, 1.82) is 0 Å². The molecule has 3 nitrogen and oxygen atoms in total. The summed E-state index contributed by atoms with van der Waals surface area (Å²) in [5.74, 6) is 0.927. The van der Waals surface area contributed by atoms with Crippen LogP contribution in [0, 0.1) is 0 Å². The molecule has 30 heavy (non-hydrogen) atoms. The minimum atomic E-state index is 0.445. The number of aromatic nitrogens is 2. The van der Waals surface area contributed by atoms with Crippen LogP contribution in [0.3, 0.4) is 0 Å². The Balaban J connectivity index is 1.67. The molecule has 1 heterocycles. The van der Waals surface area contributed by atoms with Gasteiger partial charge in [-0.05, 0) is 24.0 Å². The van der Waals surface area contributed by atoms with Gasteiger partial charge in [-0.3, -0.25) is 4.99 Å². The molecule has 1 aliphatic rings. The SMILES string of the molecule is Cn1c(C=NC2CCCCC2)nc2c(-c3ccccc3)ccc(-c3ccccc3)c21. The molecule has 0 aliphatic heterocycles. The lowest BCUT2D eigenvalue weighted by Gasteiger charge is -2.16. The second-order valence-electron chi connectivity index (χ2n) is 8.19. The van der Waals surface area contributed by atoms with Gasteiger partial charge in [0.2, 0.25) is 0 Å². The Bertz CT molecular complexity index is 1170. The largest absolute Gasteiger partial charge is 0.326 e. The number of fused-ring (bicyclic) bond motifs is 1. The fourth-order valence-electron chi connectivity index (χ4n) is 4.56. The smallest absolute Gasteiger partial charge is 0.151 e. The second kappa shape index (κ2) is 8.27. The number of nitrogens with zero attached hydrogens (tertiary/aromatic N) is 3. The first-order chi connectivity index (χ1) is 14.8. The van der Waals surface area contributed by atoms with E-state index in [9.17, 15) is 0 Å². The average molecular weight is 394 g/mol. The van der Waals surface area contributed by atoms with Gasteiger partial charge < -0.3 is 4.57 Å². The molecule has 0 bridgehead atoms. The van der Waals surface area contributed by atoms with E-state index in [2.05, 4.69) is 84.4 Å². The number of rotatable bonds is 4. The lowest BCUT2D eigenvalue weighted by molar-refractivity contribution is 0.444. The molecule has 150 valence electrons. The Morgan fingerprint density at radius 3 is 2.07 bits per heavy atom. The first-order valence-corrected chi connectivity index (χ1v) is 10.9. The molecule has 3 heteroatoms. The van der Waals surface area contributed by atoms with E-state index < -0.39 is 0 Å². The number of imidazole rings is 1. The summed E-state index contributed by atoms with van der Waals surface area (Å²) in [5.41, 5.74) is 6.97. The van der Waals surface area contributed by atoms with Crippen LogP contribution in [-0.2, 0) is 7.05 Å². The van der Waals surface area contributed by atoms with Gasteiger partial charge in [0.05, 0.1) is 23.3 Å². The average Bonchev–Trinajstić information content (AvgIpc) is 3.15. The normalized spacial score (nSPS) is 15.2. The van der Waals surface area contributed by atoms with Crippen LogP contribution in [0.1, 0.15) is 37.9 Å². The maximum atomic E-state index is 5.07. The van der Waals surface area contributed by atoms with Crippen molar-refractivity contribution < 1.29 is 0 Å². The summed E-state index contributed by atoms with van der Waals surface area (Å²) in [6, 6.07) is 26.0. The third kappa shape index (κ3) is 3.56. The van der Waals surface area contributed by atoms with Gasteiger partial charge in [0.15, 0.2) is 5.82 Å². The standard InChI is InChI=1S/C27H27N3/c1-30-25(19-28-22-15-9-4-10-16-22)29-26-23(20-11-5-2-6-12-20)17-18-24(27(26)30)21-13-7-3-8-14-21/h2-3,5-8,11-14,17-19,22H,4,9-10,15-16H2,1H3. The topological polar surface area (TPSA) is 30.2 Å². The maximum absolute atomic E-state index is 5.07. The molecule has 0 saturated heterocycles. The van der Waals surface area contributed by atoms with Gasteiger partial charge in [0, 0.05) is 18.2 Å². The molecule has 0 amide bonds. The van der Waals surface area contributed by atoms with E-state index in [4.69, 9.17) is 9.98 Å². The quantitative estimate of drug-likeness (QED) is 0.357. The Kier molecular flexibility index (Phi) is 5.18. The van der Waals surface area contributed by atoms with Crippen molar-refractivity contribution in [2.24, 2.45) is 12.0 Å². The molecule has 1 saturated carbocycles. The number of hydrogen-bond donors (Lipinski definition) is 0. The van der Waals surface area contributed by atoms with E-state index in [-0.39, 0.29) is 0 Å². The van der Waals surface area contributed by atoms with E-state index in [0.29, 0.717) is 6.04 Å². The van der Waals surface area contributed by atoms with Gasteiger partial charge in [-0.25, -0.2) is 4.98 Å². The number of hydrogen-bond acceptors (Lipinski definition) is 2. The highest BCUT2D eigenvalue weighted by atomic mass is 15.1. The summed E-state index contributed by atoms with van der Waals surface area (Å²) < 4.78 is 2.20. The van der Waals surface area contributed by atoms with Crippen molar-refractivity contribution >= 4 is 17.2 Å². The monoisotopic (exact) mass is 393 g/mol. The van der Waals surface area contributed by atoms with Crippen molar-refractivity contribution in [3.8, 4) is 22.3 Å². The fourth-order valence-corrected chi connectivity index (χ4v) is 4.56. The third-order valence-electron chi connectivity index (χ3n) is 6.20. The van der Waals surface area contributed by atoms with Gasteiger partial charge in [-0.15, -0.1) is 0 Å². The molecule has 0 spiro atoms. The molecule has 1 fully saturated rings. The maximum Gasteiger partial charge on any atom is 0.151 e. The minimum Gasteiger partial charge on any atom is -0.326 e. The molecule has 5 rings (SSSR count). The highest BCUT2D eigenvalue weighted by Gasteiger charge is 2.17. The minimum absolute atomic E-state index is 0.445. The Morgan fingerprint density at radius 1 is 0.800 bits per heavy atom. The molecule has 0 atom stereocenters. The van der Waals surface area contributed by atoms with E-state index in [0.717, 1.165) is 22.4 Å². The van der Waals surface area contributed by atoms with Crippen LogP contribution in [0.5, 0.6) is 0 Å². The van der Waals surface area contributed by atoms with E-state index >= 15 is 0 Å². The van der Waals surface area contributed by atoms with Crippen LogP contribution in [0.2, 0.25) is 0 Å². The van der Waals surface area contributed by atoms with Crippen molar-refractivity contribution in [1.82, 2.24) is 9.55 Å². The zero-order chi connectivity index (χ0) is 20.3. The Morgan fingerprint density at radius 2 is 1.40 bits per heavy atom. The third-order valence-corrected chi connectivity index (χ3v) is 6.20. The van der Waals surface area contributed by atoms with Crippen LogP contribution in [0.4, 0.5) is 0 Å². The van der Waals surface area contributed by atoms with Gasteiger partial charge >= 0.3 is 0 Å². The highest BCUT2D eigenvalue weighted by molar-refractivity contribution is 6.03. The molecule has 1 aromatic heterocycles. The molecule has 0 unspecified atom stereocenters. The van der Waals surface area contributed by atoms with Gasteiger partial charge in [0.1, 0.15) is 0 Å². The molecule has 4 aromatic rings. The molecule has 0 radical (unpaired) electrons. The van der Waals surface area contributed by atoms with Crippen LogP contribution in [-0.4, -0.2) is 21.8 Å². The number of aryl methyl sites for hydroxylation is 1. The lowest BCUT2D eigenvalue weighted by Crippen LogP contribution is -2.10. The van der Waals surface area contributed by atoms with Crippen molar-refractivity contribution in [3.63, 3.8) is 0 Å². The van der Waals surface area contributed by atoms with Gasteiger partial charge in [-0.2, -0.15) is 0 Å². The molecular formula is C27H27N3. The summed E-state index contributed by atoms with van der Waals surface area (Å²) in [5, 5.41) is 0. The molecule has 3 aromatic carbocycles. The van der Waals surface area contributed by atoms with E-state index in [1.54, 1.807) is 0 Å². The van der Waals surface area contributed by atoms with Crippen LogP contribution < -0.4 is 0 Å². The first kappa shape index (κ1) is 18.8. The van der Waals surface area contributed by atoms with Crippen LogP contribution in [0.15, 0.2) is 77.8 Å². The Labute approximate surface area is 178 Å². The van der Waals surface area contributed by atoms with Crippen molar-refractivity contribution in [2.75, 3.05) is 0 Å². The van der Waals surface area contributed by atoms with Crippen molar-refractivity contribution in [2.45, 2.75) is 38.1 Å². The Hall–Kier alpha value is -3.20. The lowest BCUT2D eigenvalue weighted by atomic mass is 9.96. The van der Waals surface area contributed by atoms with E-state index in [1.807, 2.05) is 6.21 Å². The number of benzene rings is 3. The summed E-state index contributed by atoms with van der Waals surface area (Å²) in [6.07, 6.45) is 8.33. The summed E-state index contributed by atoms with van der Waals surface area (Å²) in [7, 11) is 2.11. The van der Waals surface area contributed by atoms with Gasteiger partial charge in [0.25, 0.3) is 0 Å². The van der Waals surface area contributed by atoms with Crippen LogP contribution in [0.25, 0.3) is 33.3 Å². The molecule has 0 N–H and O–H groups in total. The second-order valence-corrected chi connectivity index (χ2v) is 8.19. The number of aliphatic imine (C=N–C) groups is 1. The summed E-state index contributed by atoms with van der Waals surface area (Å²) in [6.45, 7) is 0. The molecular weight excluding hydrogens is 366 g/mol. The first-order valence-electron chi connectivity index (χ1n) is 10.9. The highest BCUT2D eigenvalue weighted by Crippen LogP contribution is 2.35. The van der Waals surface area contributed by atoms with Crippen LogP contribution >= 0.6 is 0 Å². The predicted octanol–water partition coefficient (Wildman–Crippen LogP) is 6.66. The predicted molar refractivity (Wildman–Crippen MR) is 126 cm³/mol. The summed E-state index contributed by atoms with van der Waals surface area (Å²) >= 11 is 0. The zero-order valence-corrected chi connectivity index (χ0v) is 17.5. The zero-order valence-electron chi connectivity index (χ0n) is 17.5.